The predicted molar refractivity (Wildman–Crippen MR) is 77.7 cm³/mol. The van der Waals surface area contributed by atoms with Crippen molar-refractivity contribution in [1.82, 2.24) is 9.80 Å². The van der Waals surface area contributed by atoms with Crippen LogP contribution in [-0.2, 0) is 0 Å². The van der Waals surface area contributed by atoms with E-state index in [1.807, 2.05) is 0 Å². The first-order valence-corrected chi connectivity index (χ1v) is 8.00. The average Bonchev–Trinajstić information content (AvgIpc) is 3.00. The lowest BCUT2D eigenvalue weighted by Crippen LogP contribution is -2.47. The van der Waals surface area contributed by atoms with E-state index in [4.69, 9.17) is 5.73 Å². The van der Waals surface area contributed by atoms with Crippen LogP contribution in [0.4, 0.5) is 0 Å². The maximum atomic E-state index is 6.36. The van der Waals surface area contributed by atoms with E-state index in [0.717, 1.165) is 6.04 Å². The zero-order chi connectivity index (χ0) is 13.0. The van der Waals surface area contributed by atoms with Gasteiger partial charge < -0.3 is 5.73 Å². The van der Waals surface area contributed by atoms with E-state index in [0.29, 0.717) is 12.1 Å². The Kier molecular flexibility index (Phi) is 5.46. The van der Waals surface area contributed by atoms with Crippen molar-refractivity contribution < 1.29 is 0 Å². The summed E-state index contributed by atoms with van der Waals surface area (Å²) >= 11 is 0. The maximum absolute atomic E-state index is 6.36. The quantitative estimate of drug-likeness (QED) is 0.786. The molecule has 106 valence electrons. The topological polar surface area (TPSA) is 32.5 Å². The first-order chi connectivity index (χ1) is 8.76. The van der Waals surface area contributed by atoms with Gasteiger partial charge in [0, 0.05) is 31.2 Å². The van der Waals surface area contributed by atoms with Crippen molar-refractivity contribution in [3.8, 4) is 0 Å². The highest BCUT2D eigenvalue weighted by molar-refractivity contribution is 4.91. The molecule has 2 saturated heterocycles. The van der Waals surface area contributed by atoms with Crippen molar-refractivity contribution in [2.24, 2.45) is 5.73 Å². The number of nitrogens with zero attached hydrogens (tertiary/aromatic N) is 2. The number of hydrogen-bond donors (Lipinski definition) is 1. The summed E-state index contributed by atoms with van der Waals surface area (Å²) in [5.74, 6) is 0. The number of likely N-dealkylation sites (tertiary alicyclic amines) is 2. The van der Waals surface area contributed by atoms with Crippen LogP contribution in [0, 0.1) is 0 Å². The maximum Gasteiger partial charge on any atom is 0.0245 e. The summed E-state index contributed by atoms with van der Waals surface area (Å²) in [6.07, 6.45) is 7.75. The molecule has 0 aliphatic carbocycles. The van der Waals surface area contributed by atoms with Gasteiger partial charge in [-0.1, -0.05) is 20.3 Å². The standard InChI is InChI=1S/C15H31N3/c1-3-7-14(16)15(4-2)18-11-8-13(12-18)17-9-5-6-10-17/h13-15H,3-12,16H2,1-2H3. The average molecular weight is 253 g/mol. The van der Waals surface area contributed by atoms with Crippen LogP contribution >= 0.6 is 0 Å². The molecule has 0 aromatic rings. The molecular weight excluding hydrogens is 222 g/mol. The molecule has 0 amide bonds. The molecule has 2 rings (SSSR count). The van der Waals surface area contributed by atoms with Gasteiger partial charge in [0.25, 0.3) is 0 Å². The third-order valence-corrected chi connectivity index (χ3v) is 4.86. The zero-order valence-electron chi connectivity index (χ0n) is 12.3. The lowest BCUT2D eigenvalue weighted by molar-refractivity contribution is 0.173. The largest absolute Gasteiger partial charge is 0.326 e. The molecule has 0 saturated carbocycles. The van der Waals surface area contributed by atoms with Gasteiger partial charge in [-0.3, -0.25) is 9.80 Å². The smallest absolute Gasteiger partial charge is 0.0245 e. The van der Waals surface area contributed by atoms with Crippen LogP contribution in [-0.4, -0.2) is 54.1 Å². The van der Waals surface area contributed by atoms with E-state index < -0.39 is 0 Å². The predicted octanol–water partition coefficient (Wildman–Crippen LogP) is 2.06. The van der Waals surface area contributed by atoms with Gasteiger partial charge in [0.1, 0.15) is 0 Å². The van der Waals surface area contributed by atoms with Crippen molar-refractivity contribution >= 4 is 0 Å². The summed E-state index contributed by atoms with van der Waals surface area (Å²) in [5.41, 5.74) is 6.36. The second kappa shape index (κ2) is 6.88. The molecule has 3 atom stereocenters. The highest BCUT2D eigenvalue weighted by atomic mass is 15.3. The van der Waals surface area contributed by atoms with Crippen LogP contribution in [0.5, 0.6) is 0 Å². The summed E-state index contributed by atoms with van der Waals surface area (Å²) in [6.45, 7) is 9.71. The third-order valence-electron chi connectivity index (χ3n) is 4.86. The van der Waals surface area contributed by atoms with E-state index in [1.54, 1.807) is 0 Å². The molecule has 3 unspecified atom stereocenters. The van der Waals surface area contributed by atoms with Gasteiger partial charge in [0.2, 0.25) is 0 Å². The Balaban J connectivity index is 1.85. The van der Waals surface area contributed by atoms with Gasteiger partial charge in [-0.05, 0) is 45.2 Å². The molecule has 0 aromatic carbocycles. The Morgan fingerprint density at radius 1 is 1.17 bits per heavy atom. The fourth-order valence-electron chi connectivity index (χ4n) is 3.83. The van der Waals surface area contributed by atoms with E-state index >= 15 is 0 Å². The molecule has 3 heteroatoms. The van der Waals surface area contributed by atoms with Crippen molar-refractivity contribution in [2.45, 2.75) is 70.5 Å². The lowest BCUT2D eigenvalue weighted by Gasteiger charge is -2.32. The van der Waals surface area contributed by atoms with Crippen LogP contribution in [0.2, 0.25) is 0 Å². The first-order valence-electron chi connectivity index (χ1n) is 8.00. The van der Waals surface area contributed by atoms with E-state index in [2.05, 4.69) is 23.6 Å². The third kappa shape index (κ3) is 3.25. The number of nitrogens with two attached hydrogens (primary N) is 1. The van der Waals surface area contributed by atoms with Crippen LogP contribution in [0.25, 0.3) is 0 Å². The Morgan fingerprint density at radius 3 is 2.50 bits per heavy atom. The molecule has 0 bridgehead atoms. The molecule has 2 heterocycles. The second-order valence-electron chi connectivity index (χ2n) is 6.11. The van der Waals surface area contributed by atoms with Crippen LogP contribution in [0.1, 0.15) is 52.4 Å². The number of rotatable bonds is 6. The van der Waals surface area contributed by atoms with Gasteiger partial charge in [-0.2, -0.15) is 0 Å². The van der Waals surface area contributed by atoms with Crippen molar-refractivity contribution in [2.75, 3.05) is 26.2 Å². The molecule has 0 radical (unpaired) electrons. The molecule has 18 heavy (non-hydrogen) atoms. The molecule has 0 spiro atoms. The SMILES string of the molecule is CCCC(N)C(CC)N1CCC(N2CCCC2)C1. The Morgan fingerprint density at radius 2 is 1.89 bits per heavy atom. The Hall–Kier alpha value is -0.120. The van der Waals surface area contributed by atoms with Crippen molar-refractivity contribution in [3.05, 3.63) is 0 Å². The van der Waals surface area contributed by atoms with Crippen LogP contribution in [0.15, 0.2) is 0 Å². The zero-order valence-corrected chi connectivity index (χ0v) is 12.3. The van der Waals surface area contributed by atoms with Gasteiger partial charge >= 0.3 is 0 Å². The van der Waals surface area contributed by atoms with E-state index in [1.165, 1.54) is 64.7 Å². The monoisotopic (exact) mass is 253 g/mol. The van der Waals surface area contributed by atoms with Crippen LogP contribution < -0.4 is 5.73 Å². The minimum absolute atomic E-state index is 0.373. The van der Waals surface area contributed by atoms with E-state index in [-0.39, 0.29) is 0 Å². The normalized spacial score (nSPS) is 29.8. The molecule has 3 nitrogen and oxygen atoms in total. The summed E-state index contributed by atoms with van der Waals surface area (Å²) in [5, 5.41) is 0. The Labute approximate surface area is 113 Å². The molecule has 0 aromatic heterocycles. The highest BCUT2D eigenvalue weighted by Gasteiger charge is 2.33. The second-order valence-corrected chi connectivity index (χ2v) is 6.11. The molecule has 2 aliphatic heterocycles. The lowest BCUT2D eigenvalue weighted by atomic mass is 10.0. The first kappa shape index (κ1) is 14.3. The summed E-state index contributed by atoms with van der Waals surface area (Å²) in [4.78, 5) is 5.38. The molecule has 2 N–H and O–H groups in total. The van der Waals surface area contributed by atoms with E-state index in [9.17, 15) is 0 Å². The van der Waals surface area contributed by atoms with Gasteiger partial charge in [0.05, 0.1) is 0 Å². The molecular formula is C15H31N3. The molecule has 2 fully saturated rings. The van der Waals surface area contributed by atoms with Crippen molar-refractivity contribution in [3.63, 3.8) is 0 Å². The van der Waals surface area contributed by atoms with Crippen LogP contribution in [0.3, 0.4) is 0 Å². The Bertz CT molecular complexity index is 238. The summed E-state index contributed by atoms with van der Waals surface area (Å²) in [7, 11) is 0. The fraction of sp³-hybridized carbons (Fsp3) is 1.00. The van der Waals surface area contributed by atoms with Crippen molar-refractivity contribution in [1.29, 1.82) is 0 Å². The summed E-state index contributed by atoms with van der Waals surface area (Å²) in [6, 6.07) is 1.80. The minimum Gasteiger partial charge on any atom is -0.326 e. The van der Waals surface area contributed by atoms with Gasteiger partial charge in [0.15, 0.2) is 0 Å². The van der Waals surface area contributed by atoms with Gasteiger partial charge in [-0.25, -0.2) is 0 Å². The highest BCUT2D eigenvalue weighted by Crippen LogP contribution is 2.24. The number of hydrogen-bond acceptors (Lipinski definition) is 3. The fourth-order valence-corrected chi connectivity index (χ4v) is 3.83. The summed E-state index contributed by atoms with van der Waals surface area (Å²) < 4.78 is 0. The van der Waals surface area contributed by atoms with Gasteiger partial charge in [-0.15, -0.1) is 0 Å². The molecule has 2 aliphatic rings. The minimum atomic E-state index is 0.373.